The van der Waals surface area contributed by atoms with Crippen LogP contribution in [0.25, 0.3) is 16.6 Å². The summed E-state index contributed by atoms with van der Waals surface area (Å²) in [6.45, 7) is 4.08. The summed E-state index contributed by atoms with van der Waals surface area (Å²) in [6.07, 6.45) is 1.86. The zero-order chi connectivity index (χ0) is 14.4. The normalized spacial score (nSPS) is 11.2. The Morgan fingerprint density at radius 1 is 1.20 bits per heavy atom. The van der Waals surface area contributed by atoms with Gasteiger partial charge in [0.05, 0.1) is 0 Å². The van der Waals surface area contributed by atoms with E-state index in [4.69, 9.17) is 11.6 Å². The summed E-state index contributed by atoms with van der Waals surface area (Å²) in [4.78, 5) is 12.3. The molecule has 0 unspecified atom stereocenters. The summed E-state index contributed by atoms with van der Waals surface area (Å²) in [7, 11) is 1.60. The van der Waals surface area contributed by atoms with E-state index in [9.17, 15) is 4.79 Å². The molecule has 5 heteroatoms. The predicted octanol–water partition coefficient (Wildman–Crippen LogP) is 2.99. The molecule has 0 aliphatic rings. The molecule has 0 aliphatic heterocycles. The molecule has 2 heterocycles. The maximum atomic E-state index is 12.3. The Hall–Kier alpha value is -2.07. The number of hydrogen-bond acceptors (Lipinski definition) is 2. The summed E-state index contributed by atoms with van der Waals surface area (Å²) in [5.74, 6) is 0. The molecular formula is C15H14ClN3O. The number of rotatable bonds is 1. The smallest absolute Gasteiger partial charge is 0.291 e. The Bertz CT molecular complexity index is 877. The van der Waals surface area contributed by atoms with Crippen molar-refractivity contribution in [2.75, 3.05) is 0 Å². The van der Waals surface area contributed by atoms with E-state index in [0.29, 0.717) is 16.1 Å². The lowest BCUT2D eigenvalue weighted by Gasteiger charge is -2.10. The summed E-state index contributed by atoms with van der Waals surface area (Å²) in [6, 6.07) is 7.96. The van der Waals surface area contributed by atoms with Crippen molar-refractivity contribution in [1.29, 1.82) is 0 Å². The standard InChI is InChI=1S/C15H14ClN3O/c1-9-4-5-12(10(2)8-9)19-7-6-11-13(19)15(20)18(3)17-14(11)16/h4-8H,1-3H3. The fourth-order valence-corrected chi connectivity index (χ4v) is 2.74. The number of benzene rings is 1. The number of aromatic nitrogens is 3. The lowest BCUT2D eigenvalue weighted by atomic mass is 10.1. The summed E-state index contributed by atoms with van der Waals surface area (Å²) < 4.78 is 3.14. The third kappa shape index (κ3) is 1.84. The van der Waals surface area contributed by atoms with E-state index in [1.54, 1.807) is 7.05 Å². The minimum absolute atomic E-state index is 0.158. The third-order valence-corrected chi connectivity index (χ3v) is 3.73. The minimum Gasteiger partial charge on any atom is -0.311 e. The molecule has 0 radical (unpaired) electrons. The lowest BCUT2D eigenvalue weighted by molar-refractivity contribution is 0.715. The topological polar surface area (TPSA) is 39.8 Å². The molecule has 0 saturated carbocycles. The van der Waals surface area contributed by atoms with E-state index in [0.717, 1.165) is 11.3 Å². The van der Waals surface area contributed by atoms with Crippen molar-refractivity contribution in [2.24, 2.45) is 7.05 Å². The molecule has 1 aromatic carbocycles. The van der Waals surface area contributed by atoms with Crippen LogP contribution in [0.4, 0.5) is 0 Å². The molecule has 0 saturated heterocycles. The molecule has 3 aromatic rings. The molecule has 0 amide bonds. The molecule has 0 aliphatic carbocycles. The second kappa shape index (κ2) is 4.49. The highest BCUT2D eigenvalue weighted by Crippen LogP contribution is 2.24. The van der Waals surface area contributed by atoms with Crippen molar-refractivity contribution < 1.29 is 0 Å². The van der Waals surface area contributed by atoms with Crippen molar-refractivity contribution in [3.63, 3.8) is 0 Å². The van der Waals surface area contributed by atoms with Gasteiger partial charge in [0.25, 0.3) is 5.56 Å². The Labute approximate surface area is 121 Å². The van der Waals surface area contributed by atoms with Crippen LogP contribution in [-0.2, 0) is 7.05 Å². The predicted molar refractivity (Wildman–Crippen MR) is 80.8 cm³/mol. The van der Waals surface area contributed by atoms with Crippen LogP contribution in [-0.4, -0.2) is 14.3 Å². The van der Waals surface area contributed by atoms with Gasteiger partial charge in [-0.25, -0.2) is 4.68 Å². The monoisotopic (exact) mass is 287 g/mol. The van der Waals surface area contributed by atoms with Crippen LogP contribution in [0.3, 0.4) is 0 Å². The van der Waals surface area contributed by atoms with Gasteiger partial charge in [-0.05, 0) is 31.5 Å². The first-order chi connectivity index (χ1) is 9.49. The van der Waals surface area contributed by atoms with Crippen LogP contribution < -0.4 is 5.56 Å². The second-order valence-electron chi connectivity index (χ2n) is 4.96. The van der Waals surface area contributed by atoms with Crippen LogP contribution in [0.2, 0.25) is 5.15 Å². The molecule has 3 rings (SSSR count). The molecule has 4 nitrogen and oxygen atoms in total. The second-order valence-corrected chi connectivity index (χ2v) is 5.32. The van der Waals surface area contributed by atoms with Gasteiger partial charge in [0.15, 0.2) is 5.15 Å². The van der Waals surface area contributed by atoms with Crippen LogP contribution in [0.15, 0.2) is 35.3 Å². The number of nitrogens with zero attached hydrogens (tertiary/aromatic N) is 3. The number of fused-ring (bicyclic) bond motifs is 1. The fourth-order valence-electron chi connectivity index (χ4n) is 2.48. The molecule has 0 atom stereocenters. The number of halogens is 1. The van der Waals surface area contributed by atoms with Crippen molar-refractivity contribution in [3.8, 4) is 5.69 Å². The van der Waals surface area contributed by atoms with Crippen molar-refractivity contribution in [1.82, 2.24) is 14.3 Å². The maximum absolute atomic E-state index is 12.3. The van der Waals surface area contributed by atoms with Crippen molar-refractivity contribution in [2.45, 2.75) is 13.8 Å². The summed E-state index contributed by atoms with van der Waals surface area (Å²) in [5.41, 5.74) is 3.67. The van der Waals surface area contributed by atoms with E-state index in [1.165, 1.54) is 10.2 Å². The van der Waals surface area contributed by atoms with Crippen molar-refractivity contribution >= 4 is 22.5 Å². The molecule has 20 heavy (non-hydrogen) atoms. The van der Waals surface area contributed by atoms with Gasteiger partial charge in [-0.15, -0.1) is 0 Å². The average Bonchev–Trinajstić information content (AvgIpc) is 2.81. The molecule has 2 aromatic heterocycles. The van der Waals surface area contributed by atoms with Gasteiger partial charge in [-0.1, -0.05) is 29.3 Å². The largest absolute Gasteiger partial charge is 0.311 e. The highest BCUT2D eigenvalue weighted by Gasteiger charge is 2.14. The molecular weight excluding hydrogens is 274 g/mol. The zero-order valence-electron chi connectivity index (χ0n) is 11.5. The van der Waals surface area contributed by atoms with Crippen LogP contribution in [0.1, 0.15) is 11.1 Å². The van der Waals surface area contributed by atoms with E-state index < -0.39 is 0 Å². The van der Waals surface area contributed by atoms with Crippen LogP contribution in [0, 0.1) is 13.8 Å². The maximum Gasteiger partial charge on any atom is 0.291 e. The van der Waals surface area contributed by atoms with Gasteiger partial charge >= 0.3 is 0 Å². The quantitative estimate of drug-likeness (QED) is 0.690. The zero-order valence-corrected chi connectivity index (χ0v) is 12.3. The van der Waals surface area contributed by atoms with Gasteiger partial charge in [-0.2, -0.15) is 5.10 Å². The van der Waals surface area contributed by atoms with Gasteiger partial charge in [-0.3, -0.25) is 4.79 Å². The summed E-state index contributed by atoms with van der Waals surface area (Å²) >= 11 is 6.12. The van der Waals surface area contributed by atoms with Gasteiger partial charge in [0, 0.05) is 24.3 Å². The molecule has 0 N–H and O–H groups in total. The molecule has 0 spiro atoms. The first-order valence-corrected chi connectivity index (χ1v) is 6.68. The van der Waals surface area contributed by atoms with Crippen molar-refractivity contribution in [3.05, 3.63) is 57.1 Å². The van der Waals surface area contributed by atoms with Gasteiger partial charge in [0.2, 0.25) is 0 Å². The Kier molecular flexibility index (Phi) is 2.91. The molecule has 0 fully saturated rings. The fraction of sp³-hybridized carbons (Fsp3) is 0.200. The lowest BCUT2D eigenvalue weighted by Crippen LogP contribution is -2.21. The first kappa shape index (κ1) is 12.9. The molecule has 0 bridgehead atoms. The Morgan fingerprint density at radius 2 is 1.95 bits per heavy atom. The van der Waals surface area contributed by atoms with Gasteiger partial charge < -0.3 is 4.57 Å². The Balaban J connectivity index is 2.41. The third-order valence-electron chi connectivity index (χ3n) is 3.45. The van der Waals surface area contributed by atoms with E-state index in [1.807, 2.05) is 42.8 Å². The number of aryl methyl sites for hydroxylation is 3. The van der Waals surface area contributed by atoms with Gasteiger partial charge in [0.1, 0.15) is 5.52 Å². The van der Waals surface area contributed by atoms with E-state index >= 15 is 0 Å². The highest BCUT2D eigenvalue weighted by molar-refractivity contribution is 6.34. The average molecular weight is 288 g/mol. The number of hydrogen-bond donors (Lipinski definition) is 0. The summed E-state index contributed by atoms with van der Waals surface area (Å²) in [5, 5.41) is 5.02. The van der Waals surface area contributed by atoms with Crippen LogP contribution in [0.5, 0.6) is 0 Å². The van der Waals surface area contributed by atoms with E-state index in [2.05, 4.69) is 11.2 Å². The SMILES string of the molecule is Cc1ccc(-n2ccc3c(Cl)nn(C)c(=O)c32)c(C)c1. The van der Waals surface area contributed by atoms with E-state index in [-0.39, 0.29) is 5.56 Å². The Morgan fingerprint density at radius 3 is 2.65 bits per heavy atom. The first-order valence-electron chi connectivity index (χ1n) is 6.30. The van der Waals surface area contributed by atoms with Crippen LogP contribution >= 0.6 is 11.6 Å². The highest BCUT2D eigenvalue weighted by atomic mass is 35.5. The minimum atomic E-state index is -0.158. The molecule has 102 valence electrons.